The maximum absolute atomic E-state index is 15.3. The number of fused-ring (bicyclic) bond motifs is 1. The van der Waals surface area contributed by atoms with Gasteiger partial charge in [0, 0.05) is 61.5 Å². The van der Waals surface area contributed by atoms with Gasteiger partial charge in [-0.3, -0.25) is 14.0 Å². The number of ether oxygens (including phenoxy) is 1. The number of rotatable bonds is 5. The minimum atomic E-state index is -3.09. The third-order valence-electron chi connectivity index (χ3n) is 9.47. The van der Waals surface area contributed by atoms with Crippen molar-refractivity contribution in [2.24, 2.45) is 0 Å². The number of Topliss-reactive ketones (excluding diaryl/α,β-unsaturated/α-hetero) is 2. The number of halogens is 3. The van der Waals surface area contributed by atoms with Gasteiger partial charge in [0.15, 0.2) is 11.6 Å². The molecule has 2 aliphatic heterocycles. The number of likely N-dealkylation sites (tertiary alicyclic amines) is 1. The molecule has 1 atom stereocenters. The van der Waals surface area contributed by atoms with Gasteiger partial charge in [0.1, 0.15) is 17.6 Å². The number of alkyl halides is 2. The first-order valence-corrected chi connectivity index (χ1v) is 15.8. The number of amides is 2. The van der Waals surface area contributed by atoms with Gasteiger partial charge < -0.3 is 19.1 Å². The number of carbonyl (C=O) groups is 3. The van der Waals surface area contributed by atoms with E-state index in [0.717, 1.165) is 5.56 Å². The fraction of sp³-hybridized carbons (Fsp3) is 0.278. The van der Waals surface area contributed by atoms with Crippen LogP contribution in [0.25, 0.3) is 27.7 Å². The van der Waals surface area contributed by atoms with Crippen LogP contribution in [-0.2, 0) is 34.0 Å². The molecule has 2 aromatic carbocycles. The normalized spacial score (nSPS) is 19.5. The number of piperidine rings is 1. The molecule has 5 heterocycles. The largest absolute Gasteiger partial charge is 0.365 e. The second kappa shape index (κ2) is 11.5. The molecule has 244 valence electrons. The molecule has 1 unspecified atom stereocenters. The molecule has 0 radical (unpaired) electrons. The van der Waals surface area contributed by atoms with Gasteiger partial charge in [-0.1, -0.05) is 36.4 Å². The van der Waals surface area contributed by atoms with Crippen LogP contribution in [0.4, 0.5) is 18.0 Å². The van der Waals surface area contributed by atoms with Crippen LogP contribution >= 0.6 is 0 Å². The smallest absolute Gasteiger partial charge is 0.320 e. The molecule has 0 N–H and O–H groups in total. The van der Waals surface area contributed by atoms with Crippen molar-refractivity contribution < 1.29 is 32.3 Å². The van der Waals surface area contributed by atoms with Crippen molar-refractivity contribution in [2.45, 2.75) is 44.6 Å². The highest BCUT2D eigenvalue weighted by atomic mass is 19.3. The molecule has 1 fully saturated rings. The summed E-state index contributed by atoms with van der Waals surface area (Å²) in [6.07, 6.45) is 2.77. The van der Waals surface area contributed by atoms with Crippen molar-refractivity contribution in [3.05, 3.63) is 107 Å². The van der Waals surface area contributed by atoms with Crippen molar-refractivity contribution in [2.75, 3.05) is 19.6 Å². The number of pyridine rings is 1. The number of benzene rings is 2. The average molecular weight is 654 g/mol. The molecular weight excluding hydrogens is 623 g/mol. The second-order valence-electron chi connectivity index (χ2n) is 12.5. The fourth-order valence-electron chi connectivity index (χ4n) is 7.13. The highest BCUT2D eigenvalue weighted by Crippen LogP contribution is 2.41. The molecule has 0 spiro atoms. The summed E-state index contributed by atoms with van der Waals surface area (Å²) >= 11 is 0. The summed E-state index contributed by atoms with van der Waals surface area (Å²) in [5.74, 6) is -4.35. The third kappa shape index (κ3) is 5.07. The van der Waals surface area contributed by atoms with E-state index in [2.05, 4.69) is 4.98 Å². The van der Waals surface area contributed by atoms with Gasteiger partial charge in [0.05, 0.1) is 42.6 Å². The Morgan fingerprint density at radius 1 is 0.958 bits per heavy atom. The van der Waals surface area contributed by atoms with Crippen LogP contribution in [0.2, 0.25) is 0 Å². The minimum absolute atomic E-state index is 0.00456. The zero-order chi connectivity index (χ0) is 33.2. The lowest BCUT2D eigenvalue weighted by molar-refractivity contribution is -0.171. The van der Waals surface area contributed by atoms with Crippen molar-refractivity contribution in [1.82, 2.24) is 23.8 Å². The van der Waals surface area contributed by atoms with Gasteiger partial charge >= 0.3 is 6.03 Å². The molecule has 1 aliphatic carbocycles. The molecule has 0 saturated carbocycles. The zero-order valence-corrected chi connectivity index (χ0v) is 25.7. The molecule has 48 heavy (non-hydrogen) atoms. The van der Waals surface area contributed by atoms with Crippen molar-refractivity contribution in [1.29, 1.82) is 0 Å². The van der Waals surface area contributed by atoms with E-state index in [0.29, 0.717) is 39.9 Å². The van der Waals surface area contributed by atoms with E-state index in [1.165, 1.54) is 21.9 Å². The standard InChI is InChI=1S/C36H30F3N5O4/c37-24-14-23-18-43(35(47)42-11-9-36(38,39)30(20-42)48-21-22-6-2-1-3-7-22)13-12-41-19-26(25(15-24)34(23)41)32-28(45)16-29(46)33(32)27-17-40-31-8-4-5-10-44(27)31/h1-8,10,14-15,17,19,30H,9,11-13,16,18,20-21H2. The first kappa shape index (κ1) is 30.1. The Hall–Kier alpha value is -5.23. The molecule has 3 aromatic heterocycles. The van der Waals surface area contributed by atoms with Crippen LogP contribution in [0.3, 0.4) is 0 Å². The summed E-state index contributed by atoms with van der Waals surface area (Å²) in [7, 11) is 0. The van der Waals surface area contributed by atoms with E-state index in [-0.39, 0.29) is 61.9 Å². The van der Waals surface area contributed by atoms with Crippen LogP contribution in [0.15, 0.2) is 79.3 Å². The summed E-state index contributed by atoms with van der Waals surface area (Å²) in [6.45, 7) is 0.131. The van der Waals surface area contributed by atoms with Crippen LogP contribution in [0, 0.1) is 5.82 Å². The van der Waals surface area contributed by atoms with Crippen molar-refractivity contribution in [3.63, 3.8) is 0 Å². The molecule has 12 heteroatoms. The summed E-state index contributed by atoms with van der Waals surface area (Å²) in [5.41, 5.74) is 3.91. The Labute approximate surface area is 272 Å². The molecule has 1 saturated heterocycles. The lowest BCUT2D eigenvalue weighted by Gasteiger charge is -2.40. The van der Waals surface area contributed by atoms with E-state index in [9.17, 15) is 23.2 Å². The average Bonchev–Trinajstić information content (AvgIpc) is 3.70. The third-order valence-corrected chi connectivity index (χ3v) is 9.47. The Bertz CT molecular complexity index is 2150. The van der Waals surface area contributed by atoms with E-state index >= 15 is 4.39 Å². The van der Waals surface area contributed by atoms with Crippen molar-refractivity contribution in [3.8, 4) is 0 Å². The first-order chi connectivity index (χ1) is 23.2. The number of aromatic nitrogens is 3. The summed E-state index contributed by atoms with van der Waals surface area (Å²) in [5, 5.41) is 0.454. The predicted octanol–water partition coefficient (Wildman–Crippen LogP) is 5.74. The van der Waals surface area contributed by atoms with E-state index < -0.39 is 30.3 Å². The highest BCUT2D eigenvalue weighted by Gasteiger charge is 2.47. The Morgan fingerprint density at radius 2 is 1.75 bits per heavy atom. The Morgan fingerprint density at radius 3 is 2.58 bits per heavy atom. The lowest BCUT2D eigenvalue weighted by Crippen LogP contribution is -2.56. The number of nitrogens with zero attached hydrogens (tertiary/aromatic N) is 5. The number of hydrogen-bond acceptors (Lipinski definition) is 5. The first-order valence-electron chi connectivity index (χ1n) is 15.8. The molecule has 2 amide bonds. The Balaban J connectivity index is 1.11. The van der Waals surface area contributed by atoms with Crippen molar-refractivity contribution >= 4 is 45.3 Å². The molecular formula is C36H30F3N5O4. The number of ketones is 2. The predicted molar refractivity (Wildman–Crippen MR) is 170 cm³/mol. The van der Waals surface area contributed by atoms with Crippen LogP contribution in [0.1, 0.15) is 35.2 Å². The molecule has 5 aromatic rings. The van der Waals surface area contributed by atoms with Gasteiger partial charge in [0.2, 0.25) is 0 Å². The fourth-order valence-corrected chi connectivity index (χ4v) is 7.13. The maximum Gasteiger partial charge on any atom is 0.320 e. The van der Waals surface area contributed by atoms with Gasteiger partial charge in [-0.25, -0.2) is 22.9 Å². The number of imidazole rings is 1. The van der Waals surface area contributed by atoms with E-state index in [1.807, 2.05) is 16.7 Å². The van der Waals surface area contributed by atoms with Gasteiger partial charge in [0.25, 0.3) is 5.92 Å². The van der Waals surface area contributed by atoms with Crippen LogP contribution in [-0.4, -0.2) is 73.0 Å². The quantitative estimate of drug-likeness (QED) is 0.226. The van der Waals surface area contributed by atoms with E-state index in [4.69, 9.17) is 4.74 Å². The number of urea groups is 1. The van der Waals surface area contributed by atoms with Gasteiger partial charge in [-0.05, 0) is 35.4 Å². The lowest BCUT2D eigenvalue weighted by atomic mass is 9.98. The summed E-state index contributed by atoms with van der Waals surface area (Å²) in [4.78, 5) is 47.8. The zero-order valence-electron chi connectivity index (χ0n) is 25.7. The second-order valence-corrected chi connectivity index (χ2v) is 12.5. The molecule has 0 bridgehead atoms. The molecule has 8 rings (SSSR count). The molecule has 9 nitrogen and oxygen atoms in total. The monoisotopic (exact) mass is 653 g/mol. The Kier molecular flexibility index (Phi) is 7.20. The molecule has 3 aliphatic rings. The van der Waals surface area contributed by atoms with Gasteiger partial charge in [-0.15, -0.1) is 0 Å². The summed E-state index contributed by atoms with van der Waals surface area (Å²) < 4.78 is 54.3. The maximum atomic E-state index is 15.3. The van der Waals surface area contributed by atoms with Crippen LogP contribution in [0.5, 0.6) is 0 Å². The SMILES string of the molecule is O=C1CC(=O)C(c2cnc3ccccn23)=C1c1cn2c3c(cc(F)cc13)CN(C(=O)N1CCC(F)(F)C(OCc3ccccc3)C1)CC2. The number of allylic oxidation sites excluding steroid dienone is 2. The summed E-state index contributed by atoms with van der Waals surface area (Å²) in [6, 6.07) is 16.7. The number of hydrogen-bond donors (Lipinski definition) is 0. The number of carbonyl (C=O) groups excluding carboxylic acids is 3. The minimum Gasteiger partial charge on any atom is -0.365 e. The van der Waals surface area contributed by atoms with E-state index in [1.54, 1.807) is 59.4 Å². The van der Waals surface area contributed by atoms with Crippen LogP contribution < -0.4 is 0 Å². The van der Waals surface area contributed by atoms with Gasteiger partial charge in [-0.2, -0.15) is 0 Å². The highest BCUT2D eigenvalue weighted by molar-refractivity contribution is 6.51. The topological polar surface area (TPSA) is 89.2 Å².